The third-order valence-electron chi connectivity index (χ3n) is 3.39. The van der Waals surface area contributed by atoms with Crippen LogP contribution in [-0.4, -0.2) is 17.4 Å². The maximum Gasteiger partial charge on any atom is 0.269 e. The van der Waals surface area contributed by atoms with Crippen LogP contribution in [0.5, 0.6) is 0 Å². The van der Waals surface area contributed by atoms with Crippen LogP contribution in [0, 0.1) is 0 Å². The number of carbonyl (C=O) groups is 1. The first-order valence-corrected chi connectivity index (χ1v) is 6.96. The van der Waals surface area contributed by atoms with Crippen molar-refractivity contribution in [3.05, 3.63) is 59.9 Å². The Balaban J connectivity index is 1.84. The number of nitrogens with two attached hydrogens (primary N) is 1. The number of carbonyl (C=O) groups excluding carboxylic acids is 1. The van der Waals surface area contributed by atoms with Crippen molar-refractivity contribution in [2.24, 2.45) is 5.84 Å². The minimum atomic E-state index is -0.188. The van der Waals surface area contributed by atoms with Crippen LogP contribution in [-0.2, 0) is 0 Å². The molecule has 1 amide bonds. The smallest absolute Gasteiger partial charge is 0.269 e. The Labute approximate surface area is 124 Å². The van der Waals surface area contributed by atoms with Gasteiger partial charge in [0, 0.05) is 12.7 Å². The van der Waals surface area contributed by atoms with Gasteiger partial charge >= 0.3 is 0 Å². The quantitative estimate of drug-likeness (QED) is 0.561. The molecule has 0 aliphatic heterocycles. The molecule has 21 heavy (non-hydrogen) atoms. The molecule has 1 atom stereocenters. The second kappa shape index (κ2) is 7.40. The van der Waals surface area contributed by atoms with Crippen LogP contribution >= 0.6 is 0 Å². The van der Waals surface area contributed by atoms with Crippen molar-refractivity contribution in [1.29, 1.82) is 0 Å². The molecule has 2 aromatic rings. The van der Waals surface area contributed by atoms with E-state index in [2.05, 4.69) is 34.8 Å². The van der Waals surface area contributed by atoms with Gasteiger partial charge in [0.1, 0.15) is 5.69 Å². The standard InChI is InChI=1S/C16H20N4O/c1-12(13-5-3-2-4-6-13)7-9-19-16(21)15-11-14(20-17)8-10-18-15/h2-6,8,10-12H,7,9,17H2,1H3,(H,18,20)(H,19,21). The van der Waals surface area contributed by atoms with Gasteiger partial charge in [0.05, 0.1) is 5.69 Å². The lowest BCUT2D eigenvalue weighted by atomic mass is 9.98. The number of nitrogens with one attached hydrogen (secondary N) is 2. The van der Waals surface area contributed by atoms with E-state index in [4.69, 9.17) is 5.84 Å². The van der Waals surface area contributed by atoms with Crippen LogP contribution in [0.15, 0.2) is 48.7 Å². The van der Waals surface area contributed by atoms with E-state index in [0.29, 0.717) is 23.8 Å². The zero-order chi connectivity index (χ0) is 15.1. The molecule has 0 saturated heterocycles. The van der Waals surface area contributed by atoms with Crippen LogP contribution in [0.4, 0.5) is 5.69 Å². The number of hydrogen-bond acceptors (Lipinski definition) is 4. The van der Waals surface area contributed by atoms with Crippen LogP contribution in [0.1, 0.15) is 35.3 Å². The Morgan fingerprint density at radius 2 is 2.05 bits per heavy atom. The average molecular weight is 284 g/mol. The molecule has 110 valence electrons. The van der Waals surface area contributed by atoms with Gasteiger partial charge in [0.15, 0.2) is 0 Å². The van der Waals surface area contributed by atoms with Crippen molar-refractivity contribution in [2.45, 2.75) is 19.3 Å². The maximum absolute atomic E-state index is 12.0. The molecule has 5 heteroatoms. The Morgan fingerprint density at radius 1 is 1.29 bits per heavy atom. The molecule has 0 radical (unpaired) electrons. The number of hydrogen-bond donors (Lipinski definition) is 3. The first-order valence-electron chi connectivity index (χ1n) is 6.96. The summed E-state index contributed by atoms with van der Waals surface area (Å²) >= 11 is 0. The Morgan fingerprint density at radius 3 is 2.76 bits per heavy atom. The van der Waals surface area contributed by atoms with Crippen molar-refractivity contribution in [1.82, 2.24) is 10.3 Å². The topological polar surface area (TPSA) is 80.0 Å². The maximum atomic E-state index is 12.0. The van der Waals surface area contributed by atoms with Gasteiger partial charge in [0.25, 0.3) is 5.91 Å². The van der Waals surface area contributed by atoms with E-state index in [1.54, 1.807) is 18.3 Å². The third kappa shape index (κ3) is 4.29. The van der Waals surface area contributed by atoms with Crippen molar-refractivity contribution < 1.29 is 4.79 Å². The molecule has 0 bridgehead atoms. The first kappa shape index (κ1) is 15.0. The molecule has 4 N–H and O–H groups in total. The number of rotatable bonds is 6. The molecule has 1 heterocycles. The van der Waals surface area contributed by atoms with Crippen LogP contribution < -0.4 is 16.6 Å². The van der Waals surface area contributed by atoms with Gasteiger partial charge in [0.2, 0.25) is 0 Å². The molecule has 1 aromatic carbocycles. The summed E-state index contributed by atoms with van der Waals surface area (Å²) in [4.78, 5) is 16.0. The van der Waals surface area contributed by atoms with E-state index in [9.17, 15) is 4.79 Å². The van der Waals surface area contributed by atoms with E-state index in [1.165, 1.54) is 5.56 Å². The summed E-state index contributed by atoms with van der Waals surface area (Å²) in [6, 6.07) is 13.6. The zero-order valence-electron chi connectivity index (χ0n) is 12.0. The van der Waals surface area contributed by atoms with Crippen molar-refractivity contribution >= 4 is 11.6 Å². The van der Waals surface area contributed by atoms with Gasteiger partial charge in [-0.2, -0.15) is 0 Å². The lowest BCUT2D eigenvalue weighted by Gasteiger charge is -2.12. The molecule has 5 nitrogen and oxygen atoms in total. The molecule has 2 rings (SSSR count). The molecular formula is C16H20N4O. The van der Waals surface area contributed by atoms with Crippen molar-refractivity contribution in [2.75, 3.05) is 12.0 Å². The van der Waals surface area contributed by atoms with Crippen molar-refractivity contribution in [3.8, 4) is 0 Å². The molecule has 1 unspecified atom stereocenters. The molecule has 0 aliphatic rings. The Kier molecular flexibility index (Phi) is 5.29. The Bertz CT molecular complexity index is 586. The molecule has 0 aliphatic carbocycles. The van der Waals surface area contributed by atoms with E-state index in [1.807, 2.05) is 18.2 Å². The molecular weight excluding hydrogens is 264 g/mol. The van der Waals surface area contributed by atoms with Crippen LogP contribution in [0.2, 0.25) is 0 Å². The normalized spacial score (nSPS) is 11.7. The second-order valence-corrected chi connectivity index (χ2v) is 4.93. The van der Waals surface area contributed by atoms with Crippen LogP contribution in [0.3, 0.4) is 0 Å². The number of benzene rings is 1. The number of hydrazine groups is 1. The van der Waals surface area contributed by atoms with E-state index >= 15 is 0 Å². The number of aromatic nitrogens is 1. The molecule has 1 aromatic heterocycles. The lowest BCUT2D eigenvalue weighted by molar-refractivity contribution is 0.0947. The summed E-state index contributed by atoms with van der Waals surface area (Å²) in [6.45, 7) is 2.76. The van der Waals surface area contributed by atoms with Crippen molar-refractivity contribution in [3.63, 3.8) is 0 Å². The second-order valence-electron chi connectivity index (χ2n) is 4.93. The number of nitrogens with zero attached hydrogens (tertiary/aromatic N) is 1. The molecule has 0 spiro atoms. The minimum absolute atomic E-state index is 0.188. The largest absolute Gasteiger partial charge is 0.351 e. The fourth-order valence-electron chi connectivity index (χ4n) is 2.09. The minimum Gasteiger partial charge on any atom is -0.351 e. The SMILES string of the molecule is CC(CCNC(=O)c1cc(NN)ccn1)c1ccccc1. The fraction of sp³-hybridized carbons (Fsp3) is 0.250. The molecule has 0 saturated carbocycles. The van der Waals surface area contributed by atoms with Gasteiger partial charge in [-0.05, 0) is 30.0 Å². The fourth-order valence-corrected chi connectivity index (χ4v) is 2.09. The summed E-state index contributed by atoms with van der Waals surface area (Å²) in [5.41, 5.74) is 4.79. The van der Waals surface area contributed by atoms with Gasteiger partial charge < -0.3 is 10.7 Å². The summed E-state index contributed by atoms with van der Waals surface area (Å²) in [7, 11) is 0. The number of amides is 1. The van der Waals surface area contributed by atoms with Gasteiger partial charge in [-0.15, -0.1) is 0 Å². The highest BCUT2D eigenvalue weighted by Gasteiger charge is 2.09. The summed E-state index contributed by atoms with van der Waals surface area (Å²) in [5.74, 6) is 5.53. The number of nitrogen functional groups attached to an aromatic ring is 1. The number of anilines is 1. The van der Waals surface area contributed by atoms with Gasteiger partial charge in [-0.1, -0.05) is 37.3 Å². The summed E-state index contributed by atoms with van der Waals surface area (Å²) in [6.07, 6.45) is 2.43. The average Bonchev–Trinajstić information content (AvgIpc) is 2.55. The number of pyridine rings is 1. The van der Waals surface area contributed by atoms with E-state index in [-0.39, 0.29) is 5.91 Å². The molecule has 0 fully saturated rings. The Hall–Kier alpha value is -2.40. The lowest BCUT2D eigenvalue weighted by Crippen LogP contribution is -2.26. The van der Waals surface area contributed by atoms with Crippen LogP contribution in [0.25, 0.3) is 0 Å². The highest BCUT2D eigenvalue weighted by atomic mass is 16.1. The monoisotopic (exact) mass is 284 g/mol. The van der Waals surface area contributed by atoms with Gasteiger partial charge in [-0.25, -0.2) is 0 Å². The summed E-state index contributed by atoms with van der Waals surface area (Å²) < 4.78 is 0. The first-order chi connectivity index (χ1) is 10.2. The highest BCUT2D eigenvalue weighted by Crippen LogP contribution is 2.17. The third-order valence-corrected chi connectivity index (χ3v) is 3.39. The predicted molar refractivity (Wildman–Crippen MR) is 83.9 cm³/mol. The zero-order valence-corrected chi connectivity index (χ0v) is 12.0. The van der Waals surface area contributed by atoms with Gasteiger partial charge in [-0.3, -0.25) is 15.6 Å². The highest BCUT2D eigenvalue weighted by molar-refractivity contribution is 5.93. The predicted octanol–water partition coefficient (Wildman–Crippen LogP) is 2.29. The van der Waals surface area contributed by atoms with E-state index < -0.39 is 0 Å². The van der Waals surface area contributed by atoms with E-state index in [0.717, 1.165) is 6.42 Å². The summed E-state index contributed by atoms with van der Waals surface area (Å²) in [5, 5.41) is 2.88.